The molecule has 25 heavy (non-hydrogen) atoms. The summed E-state index contributed by atoms with van der Waals surface area (Å²) >= 11 is 1.46. The second-order valence-electron chi connectivity index (χ2n) is 5.38. The zero-order valence-corrected chi connectivity index (χ0v) is 14.8. The largest absolute Gasteiger partial charge is 0.491 e. The molecule has 0 saturated carbocycles. The molecule has 2 rings (SSSR count). The van der Waals surface area contributed by atoms with Crippen LogP contribution in [0.3, 0.4) is 0 Å². The van der Waals surface area contributed by atoms with Crippen molar-refractivity contribution >= 4 is 23.4 Å². The number of hydrogen-bond donors (Lipinski definition) is 1. The van der Waals surface area contributed by atoms with E-state index in [2.05, 4.69) is 5.32 Å². The molecule has 0 saturated heterocycles. The van der Waals surface area contributed by atoms with Crippen molar-refractivity contribution in [1.29, 1.82) is 0 Å². The number of carbonyl (C=O) groups is 1. The molecule has 0 heterocycles. The number of nitro benzene ring substituents is 1. The van der Waals surface area contributed by atoms with Crippen LogP contribution < -0.4 is 10.1 Å². The third-order valence-electron chi connectivity index (χ3n) is 3.42. The Morgan fingerprint density at radius 1 is 1.20 bits per heavy atom. The molecule has 1 N–H and O–H groups in total. The molecular formula is C18H20N2O4S. The Balaban J connectivity index is 1.61. The first-order valence-electron chi connectivity index (χ1n) is 7.82. The lowest BCUT2D eigenvalue weighted by molar-refractivity contribution is -0.384. The van der Waals surface area contributed by atoms with Crippen LogP contribution in [-0.2, 0) is 10.5 Å². The van der Waals surface area contributed by atoms with Gasteiger partial charge >= 0.3 is 0 Å². The van der Waals surface area contributed by atoms with Crippen LogP contribution in [0.5, 0.6) is 5.75 Å². The summed E-state index contributed by atoms with van der Waals surface area (Å²) in [7, 11) is 0. The van der Waals surface area contributed by atoms with E-state index < -0.39 is 4.92 Å². The summed E-state index contributed by atoms with van der Waals surface area (Å²) in [5.41, 5.74) is 2.08. The summed E-state index contributed by atoms with van der Waals surface area (Å²) in [6.07, 6.45) is 0. The molecule has 0 unspecified atom stereocenters. The highest BCUT2D eigenvalue weighted by molar-refractivity contribution is 7.99. The first-order valence-corrected chi connectivity index (χ1v) is 8.98. The maximum atomic E-state index is 11.8. The molecule has 0 atom stereocenters. The minimum absolute atomic E-state index is 0.0553. The summed E-state index contributed by atoms with van der Waals surface area (Å²) in [4.78, 5) is 21.9. The molecule has 1 amide bonds. The molecule has 2 aromatic rings. The van der Waals surface area contributed by atoms with Gasteiger partial charge in [-0.05, 0) is 24.1 Å². The summed E-state index contributed by atoms with van der Waals surface area (Å²) < 4.78 is 5.61. The monoisotopic (exact) mass is 360 g/mol. The molecule has 0 spiro atoms. The zero-order chi connectivity index (χ0) is 18.1. The van der Waals surface area contributed by atoms with Crippen molar-refractivity contribution < 1.29 is 14.5 Å². The number of nitrogens with one attached hydrogen (secondary N) is 1. The number of para-hydroxylation sites is 1. The van der Waals surface area contributed by atoms with Crippen LogP contribution in [0.2, 0.25) is 0 Å². The van der Waals surface area contributed by atoms with Gasteiger partial charge in [0, 0.05) is 17.9 Å². The van der Waals surface area contributed by atoms with Gasteiger partial charge in [-0.15, -0.1) is 11.8 Å². The second-order valence-corrected chi connectivity index (χ2v) is 6.37. The van der Waals surface area contributed by atoms with Crippen LogP contribution in [0.4, 0.5) is 5.69 Å². The summed E-state index contributed by atoms with van der Waals surface area (Å²) in [6.45, 7) is 2.84. The molecule has 0 bridgehead atoms. The van der Waals surface area contributed by atoms with Crippen molar-refractivity contribution in [3.8, 4) is 5.75 Å². The maximum Gasteiger partial charge on any atom is 0.269 e. The van der Waals surface area contributed by atoms with E-state index in [4.69, 9.17) is 4.74 Å². The fraction of sp³-hybridized carbons (Fsp3) is 0.278. The Morgan fingerprint density at radius 2 is 1.92 bits per heavy atom. The Bertz CT molecular complexity index is 719. The first kappa shape index (κ1) is 18.8. The van der Waals surface area contributed by atoms with E-state index in [1.807, 2.05) is 31.2 Å². The summed E-state index contributed by atoms with van der Waals surface area (Å²) in [5.74, 6) is 1.73. The molecule has 0 aliphatic carbocycles. The normalized spacial score (nSPS) is 10.3. The zero-order valence-electron chi connectivity index (χ0n) is 13.9. The molecule has 0 aliphatic heterocycles. The van der Waals surface area contributed by atoms with E-state index in [1.54, 1.807) is 12.1 Å². The topological polar surface area (TPSA) is 81.5 Å². The number of aryl methyl sites for hydroxylation is 1. The van der Waals surface area contributed by atoms with Crippen molar-refractivity contribution in [2.75, 3.05) is 18.9 Å². The van der Waals surface area contributed by atoms with Crippen LogP contribution in [0.25, 0.3) is 0 Å². The number of nitrogens with zero attached hydrogens (tertiary/aromatic N) is 1. The van der Waals surface area contributed by atoms with E-state index in [0.29, 0.717) is 24.7 Å². The number of hydrogen-bond acceptors (Lipinski definition) is 5. The first-order chi connectivity index (χ1) is 12.1. The van der Waals surface area contributed by atoms with E-state index in [9.17, 15) is 14.9 Å². The average molecular weight is 360 g/mol. The standard InChI is InChI=1S/C18H20N2O4S/c1-14-4-2-3-5-17(14)24-11-10-19-18(21)13-25-12-15-6-8-16(9-7-15)20(22)23/h2-9H,10-13H2,1H3,(H,19,21). The van der Waals surface area contributed by atoms with Gasteiger partial charge < -0.3 is 10.1 Å². The van der Waals surface area contributed by atoms with Crippen LogP contribution in [0, 0.1) is 17.0 Å². The van der Waals surface area contributed by atoms with E-state index in [1.165, 1.54) is 23.9 Å². The molecule has 2 aromatic carbocycles. The SMILES string of the molecule is Cc1ccccc1OCCNC(=O)CSCc1ccc([N+](=O)[O-])cc1. The van der Waals surface area contributed by atoms with Crippen molar-refractivity contribution in [3.63, 3.8) is 0 Å². The molecular weight excluding hydrogens is 340 g/mol. The van der Waals surface area contributed by atoms with Crippen LogP contribution in [0.1, 0.15) is 11.1 Å². The van der Waals surface area contributed by atoms with Crippen molar-refractivity contribution in [1.82, 2.24) is 5.32 Å². The average Bonchev–Trinajstić information content (AvgIpc) is 2.60. The smallest absolute Gasteiger partial charge is 0.269 e. The number of rotatable bonds is 9. The van der Waals surface area contributed by atoms with Gasteiger partial charge in [0.05, 0.1) is 17.2 Å². The summed E-state index contributed by atoms with van der Waals surface area (Å²) in [5, 5.41) is 13.4. The number of nitro groups is 1. The van der Waals surface area contributed by atoms with Crippen molar-refractivity contribution in [2.45, 2.75) is 12.7 Å². The maximum absolute atomic E-state index is 11.8. The third kappa shape index (κ3) is 6.46. The Hall–Kier alpha value is -2.54. The van der Waals surface area contributed by atoms with Gasteiger partial charge in [-0.2, -0.15) is 0 Å². The number of thioether (sulfide) groups is 1. The lowest BCUT2D eigenvalue weighted by atomic mass is 10.2. The minimum atomic E-state index is -0.427. The highest BCUT2D eigenvalue weighted by atomic mass is 32.2. The number of non-ortho nitro benzene ring substituents is 1. The van der Waals surface area contributed by atoms with E-state index in [0.717, 1.165) is 16.9 Å². The van der Waals surface area contributed by atoms with Gasteiger partial charge in [-0.25, -0.2) is 0 Å². The molecule has 6 nitrogen and oxygen atoms in total. The van der Waals surface area contributed by atoms with Gasteiger partial charge in [-0.3, -0.25) is 14.9 Å². The van der Waals surface area contributed by atoms with Crippen LogP contribution in [-0.4, -0.2) is 29.7 Å². The van der Waals surface area contributed by atoms with Gasteiger partial charge in [0.2, 0.25) is 5.91 Å². The number of carbonyl (C=O) groups excluding carboxylic acids is 1. The van der Waals surface area contributed by atoms with Crippen molar-refractivity contribution in [2.24, 2.45) is 0 Å². The quantitative estimate of drug-likeness (QED) is 0.421. The van der Waals surface area contributed by atoms with E-state index in [-0.39, 0.29) is 11.6 Å². The lowest BCUT2D eigenvalue weighted by Crippen LogP contribution is -2.29. The van der Waals surface area contributed by atoms with Gasteiger partial charge in [0.1, 0.15) is 12.4 Å². The Morgan fingerprint density at radius 3 is 2.60 bits per heavy atom. The summed E-state index contributed by atoms with van der Waals surface area (Å²) in [6, 6.07) is 14.1. The fourth-order valence-corrected chi connectivity index (χ4v) is 2.91. The second kappa shape index (κ2) is 9.68. The molecule has 0 aliphatic rings. The Labute approximate surface area is 150 Å². The predicted octanol–water partition coefficient (Wildman–Crippen LogP) is 3.33. The molecule has 0 aromatic heterocycles. The van der Waals surface area contributed by atoms with Gasteiger partial charge in [0.25, 0.3) is 5.69 Å². The highest BCUT2D eigenvalue weighted by Gasteiger charge is 2.05. The number of benzene rings is 2. The third-order valence-corrected chi connectivity index (χ3v) is 4.43. The van der Waals surface area contributed by atoms with Gasteiger partial charge in [-0.1, -0.05) is 30.3 Å². The highest BCUT2D eigenvalue weighted by Crippen LogP contribution is 2.17. The fourth-order valence-electron chi connectivity index (χ4n) is 2.10. The van der Waals surface area contributed by atoms with Crippen molar-refractivity contribution in [3.05, 3.63) is 69.8 Å². The van der Waals surface area contributed by atoms with Crippen LogP contribution >= 0.6 is 11.8 Å². The lowest BCUT2D eigenvalue weighted by Gasteiger charge is -2.09. The van der Waals surface area contributed by atoms with Gasteiger partial charge in [0.15, 0.2) is 0 Å². The predicted molar refractivity (Wildman–Crippen MR) is 98.9 cm³/mol. The molecule has 0 fully saturated rings. The Kier molecular flexibility index (Phi) is 7.28. The number of amides is 1. The minimum Gasteiger partial charge on any atom is -0.491 e. The molecule has 0 radical (unpaired) electrons. The molecule has 132 valence electrons. The number of ether oxygens (including phenoxy) is 1. The van der Waals surface area contributed by atoms with E-state index >= 15 is 0 Å². The van der Waals surface area contributed by atoms with Crippen LogP contribution in [0.15, 0.2) is 48.5 Å². The molecule has 7 heteroatoms.